The van der Waals surface area contributed by atoms with E-state index in [1.165, 1.54) is 10.3 Å². The zero-order valence-corrected chi connectivity index (χ0v) is 11.1. The highest BCUT2D eigenvalue weighted by Gasteiger charge is 2.06. The molecular formula is C13H18N2S. The van der Waals surface area contributed by atoms with Crippen LogP contribution in [0.1, 0.15) is 39.2 Å². The molecule has 3 heteroatoms. The quantitative estimate of drug-likeness (QED) is 0.859. The van der Waals surface area contributed by atoms with Crippen molar-refractivity contribution in [3.63, 3.8) is 0 Å². The first-order valence-electron chi connectivity index (χ1n) is 5.73. The van der Waals surface area contributed by atoms with Crippen LogP contribution in [0, 0.1) is 0 Å². The van der Waals surface area contributed by atoms with Crippen molar-refractivity contribution >= 4 is 26.7 Å². The lowest BCUT2D eigenvalue weighted by atomic mass is 10.0. The maximum Gasteiger partial charge on any atom is 0.183 e. The predicted molar refractivity (Wildman–Crippen MR) is 72.5 cm³/mol. The van der Waals surface area contributed by atoms with Crippen molar-refractivity contribution in [2.45, 2.75) is 39.7 Å². The Hall–Kier alpha value is -1.09. The van der Waals surface area contributed by atoms with E-state index in [0.29, 0.717) is 12.0 Å². The zero-order valence-electron chi connectivity index (χ0n) is 10.2. The third kappa shape index (κ3) is 2.35. The highest BCUT2D eigenvalue weighted by Crippen LogP contribution is 2.29. The number of aromatic nitrogens is 1. The van der Waals surface area contributed by atoms with Crippen molar-refractivity contribution in [1.29, 1.82) is 0 Å². The SMILES string of the molecule is CC(C)Nc1nc2ccc(C(C)C)cc2s1. The molecule has 2 nitrogen and oxygen atoms in total. The third-order valence-electron chi connectivity index (χ3n) is 2.49. The Bertz CT molecular complexity index is 486. The van der Waals surface area contributed by atoms with Crippen molar-refractivity contribution in [3.8, 4) is 0 Å². The minimum absolute atomic E-state index is 0.435. The lowest BCUT2D eigenvalue weighted by Crippen LogP contribution is -2.08. The van der Waals surface area contributed by atoms with Crippen LogP contribution < -0.4 is 5.32 Å². The molecule has 0 aliphatic carbocycles. The van der Waals surface area contributed by atoms with Crippen molar-refractivity contribution in [3.05, 3.63) is 23.8 Å². The van der Waals surface area contributed by atoms with Gasteiger partial charge in [0.05, 0.1) is 10.2 Å². The average Bonchev–Trinajstić information content (AvgIpc) is 2.56. The van der Waals surface area contributed by atoms with Gasteiger partial charge in [0, 0.05) is 6.04 Å². The molecule has 0 aliphatic rings. The Kier molecular flexibility index (Phi) is 3.15. The van der Waals surface area contributed by atoms with Crippen LogP contribution in [-0.4, -0.2) is 11.0 Å². The van der Waals surface area contributed by atoms with Gasteiger partial charge in [0.25, 0.3) is 0 Å². The van der Waals surface area contributed by atoms with Gasteiger partial charge in [0.1, 0.15) is 0 Å². The molecule has 1 aromatic heterocycles. The highest BCUT2D eigenvalue weighted by atomic mass is 32.1. The molecule has 0 unspecified atom stereocenters. The summed E-state index contributed by atoms with van der Waals surface area (Å²) < 4.78 is 1.27. The molecule has 2 aromatic rings. The van der Waals surface area contributed by atoms with E-state index < -0.39 is 0 Å². The molecule has 1 N–H and O–H groups in total. The first kappa shape index (κ1) is 11.4. The molecule has 0 saturated heterocycles. The molecule has 0 fully saturated rings. The number of nitrogens with one attached hydrogen (secondary N) is 1. The van der Waals surface area contributed by atoms with E-state index in [2.05, 4.69) is 56.2 Å². The van der Waals surface area contributed by atoms with E-state index in [1.807, 2.05) is 0 Å². The van der Waals surface area contributed by atoms with Crippen LogP contribution in [-0.2, 0) is 0 Å². The molecule has 2 rings (SSSR count). The van der Waals surface area contributed by atoms with Gasteiger partial charge in [-0.2, -0.15) is 0 Å². The Balaban J connectivity index is 2.38. The van der Waals surface area contributed by atoms with Gasteiger partial charge in [-0.15, -0.1) is 0 Å². The summed E-state index contributed by atoms with van der Waals surface area (Å²) in [4.78, 5) is 4.56. The van der Waals surface area contributed by atoms with E-state index in [-0.39, 0.29) is 0 Å². The molecular weight excluding hydrogens is 216 g/mol. The van der Waals surface area contributed by atoms with Gasteiger partial charge in [-0.3, -0.25) is 0 Å². The molecule has 1 heterocycles. The smallest absolute Gasteiger partial charge is 0.183 e. The van der Waals surface area contributed by atoms with Gasteiger partial charge in [0.2, 0.25) is 0 Å². The Morgan fingerprint density at radius 1 is 1.19 bits per heavy atom. The molecule has 0 spiro atoms. The number of benzene rings is 1. The number of hydrogen-bond acceptors (Lipinski definition) is 3. The number of anilines is 1. The fourth-order valence-corrected chi connectivity index (χ4v) is 2.67. The second-order valence-electron chi connectivity index (χ2n) is 4.70. The standard InChI is InChI=1S/C13H18N2S/c1-8(2)10-5-6-11-12(7-10)16-13(15-11)14-9(3)4/h5-9H,1-4H3,(H,14,15). The lowest BCUT2D eigenvalue weighted by Gasteiger charge is -2.03. The molecule has 0 radical (unpaired) electrons. The molecule has 0 aliphatic heterocycles. The molecule has 1 aromatic carbocycles. The van der Waals surface area contributed by atoms with E-state index in [4.69, 9.17) is 0 Å². The molecule has 16 heavy (non-hydrogen) atoms. The van der Waals surface area contributed by atoms with Crippen molar-refractivity contribution in [1.82, 2.24) is 4.98 Å². The van der Waals surface area contributed by atoms with E-state index >= 15 is 0 Å². The van der Waals surface area contributed by atoms with Crippen LogP contribution in [0.25, 0.3) is 10.2 Å². The van der Waals surface area contributed by atoms with Crippen LogP contribution in [0.4, 0.5) is 5.13 Å². The predicted octanol–water partition coefficient (Wildman–Crippen LogP) is 4.24. The second-order valence-corrected chi connectivity index (χ2v) is 5.73. The minimum Gasteiger partial charge on any atom is -0.359 e. The summed E-state index contributed by atoms with van der Waals surface area (Å²) >= 11 is 1.73. The van der Waals surface area contributed by atoms with Gasteiger partial charge >= 0.3 is 0 Å². The summed E-state index contributed by atoms with van der Waals surface area (Å²) in [5.41, 5.74) is 2.48. The summed E-state index contributed by atoms with van der Waals surface area (Å²) in [6.07, 6.45) is 0. The number of fused-ring (bicyclic) bond motifs is 1. The zero-order chi connectivity index (χ0) is 11.7. The largest absolute Gasteiger partial charge is 0.359 e. The van der Waals surface area contributed by atoms with Crippen LogP contribution in [0.3, 0.4) is 0 Å². The lowest BCUT2D eigenvalue weighted by molar-refractivity contribution is 0.869. The van der Waals surface area contributed by atoms with Crippen molar-refractivity contribution in [2.24, 2.45) is 0 Å². The van der Waals surface area contributed by atoms with E-state index in [0.717, 1.165) is 10.6 Å². The maximum atomic E-state index is 4.56. The summed E-state index contributed by atoms with van der Waals surface area (Å²) in [7, 11) is 0. The van der Waals surface area contributed by atoms with Crippen molar-refractivity contribution in [2.75, 3.05) is 5.32 Å². The Morgan fingerprint density at radius 2 is 1.94 bits per heavy atom. The van der Waals surface area contributed by atoms with Crippen LogP contribution in [0.5, 0.6) is 0 Å². The summed E-state index contributed by atoms with van der Waals surface area (Å²) in [6.45, 7) is 8.70. The normalized spacial score (nSPS) is 11.6. The highest BCUT2D eigenvalue weighted by molar-refractivity contribution is 7.22. The van der Waals surface area contributed by atoms with E-state index in [1.54, 1.807) is 11.3 Å². The average molecular weight is 234 g/mol. The van der Waals surface area contributed by atoms with Crippen LogP contribution in [0.2, 0.25) is 0 Å². The summed E-state index contributed by atoms with van der Waals surface area (Å²) in [6, 6.07) is 6.98. The van der Waals surface area contributed by atoms with E-state index in [9.17, 15) is 0 Å². The monoisotopic (exact) mass is 234 g/mol. The summed E-state index contributed by atoms with van der Waals surface area (Å²) in [5, 5.41) is 4.37. The van der Waals surface area contributed by atoms with Crippen LogP contribution in [0.15, 0.2) is 18.2 Å². The number of thiazole rings is 1. The van der Waals surface area contributed by atoms with Gasteiger partial charge in [-0.25, -0.2) is 4.98 Å². The molecule has 86 valence electrons. The van der Waals surface area contributed by atoms with Gasteiger partial charge in [-0.05, 0) is 37.5 Å². The van der Waals surface area contributed by atoms with Crippen LogP contribution >= 0.6 is 11.3 Å². The maximum absolute atomic E-state index is 4.56. The summed E-state index contributed by atoms with van der Waals surface area (Å²) in [5.74, 6) is 0.577. The number of nitrogens with zero attached hydrogens (tertiary/aromatic N) is 1. The topological polar surface area (TPSA) is 24.9 Å². The molecule has 0 amide bonds. The van der Waals surface area contributed by atoms with Crippen molar-refractivity contribution < 1.29 is 0 Å². The van der Waals surface area contributed by atoms with Gasteiger partial charge in [0.15, 0.2) is 5.13 Å². The molecule has 0 bridgehead atoms. The Labute approximate surface area is 101 Å². The Morgan fingerprint density at radius 3 is 2.56 bits per heavy atom. The van der Waals surface area contributed by atoms with Gasteiger partial charge in [-0.1, -0.05) is 31.3 Å². The minimum atomic E-state index is 0.435. The second kappa shape index (κ2) is 4.42. The first-order valence-corrected chi connectivity index (χ1v) is 6.55. The van der Waals surface area contributed by atoms with Gasteiger partial charge < -0.3 is 5.32 Å². The fraction of sp³-hybridized carbons (Fsp3) is 0.462. The molecule has 0 saturated carbocycles. The number of hydrogen-bond donors (Lipinski definition) is 1. The first-order chi connectivity index (χ1) is 7.56. The third-order valence-corrected chi connectivity index (χ3v) is 3.44. The fourth-order valence-electron chi connectivity index (χ4n) is 1.61. The number of rotatable bonds is 3. The molecule has 0 atom stereocenters.